The molecule has 1 aromatic carbocycles. The number of rotatable bonds is 5. The SMILES string of the molecule is CS(=O)(=O)N1CCN(Cc2ccccc2)C[C@@H]1CC(=O)O. The maximum Gasteiger partial charge on any atom is 0.305 e. The van der Waals surface area contributed by atoms with Crippen molar-refractivity contribution in [1.82, 2.24) is 9.21 Å². The molecule has 0 aromatic heterocycles. The molecular weight excluding hydrogens is 292 g/mol. The van der Waals surface area contributed by atoms with Crippen LogP contribution >= 0.6 is 0 Å². The quantitative estimate of drug-likeness (QED) is 0.862. The zero-order valence-corrected chi connectivity index (χ0v) is 12.8. The van der Waals surface area contributed by atoms with Crippen LogP contribution in [-0.4, -0.2) is 60.6 Å². The first-order valence-corrected chi connectivity index (χ1v) is 8.66. The number of piperazine rings is 1. The number of hydrogen-bond donors (Lipinski definition) is 1. The fraction of sp³-hybridized carbons (Fsp3) is 0.500. The van der Waals surface area contributed by atoms with Crippen molar-refractivity contribution in [2.75, 3.05) is 25.9 Å². The highest BCUT2D eigenvalue weighted by atomic mass is 32.2. The predicted octanol–water partition coefficient (Wildman–Crippen LogP) is 0.607. The number of benzene rings is 1. The van der Waals surface area contributed by atoms with E-state index in [0.29, 0.717) is 26.2 Å². The van der Waals surface area contributed by atoms with Gasteiger partial charge < -0.3 is 5.11 Å². The van der Waals surface area contributed by atoms with Crippen LogP contribution in [0, 0.1) is 0 Å². The van der Waals surface area contributed by atoms with Crippen LogP contribution in [-0.2, 0) is 21.4 Å². The minimum atomic E-state index is -3.37. The second kappa shape index (κ2) is 6.55. The molecule has 1 aliphatic heterocycles. The minimum Gasteiger partial charge on any atom is -0.481 e. The van der Waals surface area contributed by atoms with Gasteiger partial charge in [-0.1, -0.05) is 30.3 Å². The maximum absolute atomic E-state index is 11.8. The lowest BCUT2D eigenvalue weighted by molar-refractivity contribution is -0.138. The zero-order valence-electron chi connectivity index (χ0n) is 12.0. The van der Waals surface area contributed by atoms with Gasteiger partial charge in [0.05, 0.1) is 12.7 Å². The normalized spacial score (nSPS) is 21.3. The first-order chi connectivity index (χ1) is 9.86. The molecule has 2 rings (SSSR count). The molecule has 6 nitrogen and oxygen atoms in total. The van der Waals surface area contributed by atoms with E-state index in [2.05, 4.69) is 4.90 Å². The predicted molar refractivity (Wildman–Crippen MR) is 79.3 cm³/mol. The second-order valence-corrected chi connectivity index (χ2v) is 7.28. The summed E-state index contributed by atoms with van der Waals surface area (Å²) in [5.74, 6) is -0.977. The van der Waals surface area contributed by atoms with E-state index in [-0.39, 0.29) is 6.42 Å². The van der Waals surface area contributed by atoms with Gasteiger partial charge in [0.1, 0.15) is 0 Å². The number of carbonyl (C=O) groups is 1. The van der Waals surface area contributed by atoms with E-state index in [1.54, 1.807) is 0 Å². The Bertz CT molecular complexity index is 588. The summed E-state index contributed by atoms with van der Waals surface area (Å²) < 4.78 is 24.8. The van der Waals surface area contributed by atoms with Crippen molar-refractivity contribution in [3.63, 3.8) is 0 Å². The van der Waals surface area contributed by atoms with Crippen molar-refractivity contribution in [2.45, 2.75) is 19.0 Å². The summed E-state index contributed by atoms with van der Waals surface area (Å²) in [6.45, 7) is 2.09. The molecule has 0 aliphatic carbocycles. The fourth-order valence-electron chi connectivity index (χ4n) is 2.69. The number of sulfonamides is 1. The zero-order chi connectivity index (χ0) is 15.5. The van der Waals surface area contributed by atoms with Crippen molar-refractivity contribution in [2.24, 2.45) is 0 Å². The topological polar surface area (TPSA) is 77.9 Å². The third-order valence-electron chi connectivity index (χ3n) is 3.60. The number of carboxylic acids is 1. The Morgan fingerprint density at radius 1 is 1.29 bits per heavy atom. The van der Waals surface area contributed by atoms with Gasteiger partial charge in [-0.25, -0.2) is 8.42 Å². The van der Waals surface area contributed by atoms with E-state index in [0.717, 1.165) is 11.8 Å². The molecular formula is C14H20N2O4S. The van der Waals surface area contributed by atoms with E-state index in [1.807, 2.05) is 30.3 Å². The highest BCUT2D eigenvalue weighted by Crippen LogP contribution is 2.18. The Balaban J connectivity index is 2.07. The van der Waals surface area contributed by atoms with Crippen molar-refractivity contribution in [1.29, 1.82) is 0 Å². The first kappa shape index (κ1) is 15.9. The smallest absolute Gasteiger partial charge is 0.305 e. The largest absolute Gasteiger partial charge is 0.481 e. The molecule has 0 unspecified atom stereocenters. The fourth-order valence-corrected chi connectivity index (χ4v) is 3.79. The number of aliphatic carboxylic acids is 1. The Morgan fingerprint density at radius 2 is 1.95 bits per heavy atom. The van der Waals surface area contributed by atoms with E-state index in [9.17, 15) is 13.2 Å². The molecule has 0 bridgehead atoms. The third kappa shape index (κ3) is 4.52. The van der Waals surface area contributed by atoms with Crippen LogP contribution in [0.2, 0.25) is 0 Å². The summed E-state index contributed by atoms with van der Waals surface area (Å²) in [5.41, 5.74) is 1.14. The van der Waals surface area contributed by atoms with Gasteiger partial charge >= 0.3 is 5.97 Å². The Labute approximate surface area is 125 Å². The van der Waals surface area contributed by atoms with Crippen LogP contribution in [0.4, 0.5) is 0 Å². The highest BCUT2D eigenvalue weighted by molar-refractivity contribution is 7.88. The van der Waals surface area contributed by atoms with Crippen molar-refractivity contribution in [3.8, 4) is 0 Å². The Morgan fingerprint density at radius 3 is 2.52 bits per heavy atom. The van der Waals surface area contributed by atoms with Gasteiger partial charge in [-0.2, -0.15) is 4.31 Å². The molecule has 1 aliphatic rings. The molecule has 116 valence electrons. The number of nitrogens with zero attached hydrogens (tertiary/aromatic N) is 2. The van der Waals surface area contributed by atoms with E-state index >= 15 is 0 Å². The van der Waals surface area contributed by atoms with Gasteiger partial charge in [0.15, 0.2) is 0 Å². The summed E-state index contributed by atoms with van der Waals surface area (Å²) in [4.78, 5) is 13.1. The monoisotopic (exact) mass is 312 g/mol. The van der Waals surface area contributed by atoms with Gasteiger partial charge in [0, 0.05) is 32.2 Å². The Kier molecular flexibility index (Phi) is 4.97. The van der Waals surface area contributed by atoms with Gasteiger partial charge in [0.25, 0.3) is 0 Å². The van der Waals surface area contributed by atoms with Crippen molar-refractivity contribution < 1.29 is 18.3 Å². The summed E-state index contributed by atoms with van der Waals surface area (Å²) in [5, 5.41) is 8.99. The van der Waals surface area contributed by atoms with Gasteiger partial charge in [-0.15, -0.1) is 0 Å². The summed E-state index contributed by atoms with van der Waals surface area (Å²) in [6, 6.07) is 9.37. The van der Waals surface area contributed by atoms with E-state index in [1.165, 1.54) is 4.31 Å². The van der Waals surface area contributed by atoms with E-state index in [4.69, 9.17) is 5.11 Å². The summed E-state index contributed by atoms with van der Waals surface area (Å²) >= 11 is 0. The third-order valence-corrected chi connectivity index (χ3v) is 4.93. The lowest BCUT2D eigenvalue weighted by Gasteiger charge is -2.39. The lowest BCUT2D eigenvalue weighted by atomic mass is 10.1. The van der Waals surface area contributed by atoms with Crippen LogP contribution in [0.5, 0.6) is 0 Å². The molecule has 1 heterocycles. The number of carboxylic acid groups (broad SMARTS) is 1. The highest BCUT2D eigenvalue weighted by Gasteiger charge is 2.33. The van der Waals surface area contributed by atoms with Crippen LogP contribution in [0.25, 0.3) is 0 Å². The Hall–Kier alpha value is -1.44. The van der Waals surface area contributed by atoms with Crippen LogP contribution in [0.1, 0.15) is 12.0 Å². The molecule has 1 aromatic rings. The van der Waals surface area contributed by atoms with Crippen molar-refractivity contribution >= 4 is 16.0 Å². The molecule has 1 atom stereocenters. The first-order valence-electron chi connectivity index (χ1n) is 6.81. The van der Waals surface area contributed by atoms with Crippen molar-refractivity contribution in [3.05, 3.63) is 35.9 Å². The average molecular weight is 312 g/mol. The molecule has 0 spiro atoms. The molecule has 0 radical (unpaired) electrons. The van der Waals surface area contributed by atoms with Crippen LogP contribution < -0.4 is 0 Å². The molecule has 7 heteroatoms. The lowest BCUT2D eigenvalue weighted by Crippen LogP contribution is -2.55. The number of hydrogen-bond acceptors (Lipinski definition) is 4. The molecule has 0 saturated carbocycles. The standard InChI is InChI=1S/C14H20N2O4S/c1-21(19,20)16-8-7-15(11-13(16)9-14(17)18)10-12-5-3-2-4-6-12/h2-6,13H,7-11H2,1H3,(H,17,18)/t13-/m0/s1. The van der Waals surface area contributed by atoms with Gasteiger partial charge in [-0.05, 0) is 5.56 Å². The molecule has 0 amide bonds. The second-order valence-electron chi connectivity index (χ2n) is 5.35. The molecule has 1 saturated heterocycles. The van der Waals surface area contributed by atoms with Gasteiger partial charge in [-0.3, -0.25) is 9.69 Å². The molecule has 1 fully saturated rings. The summed E-state index contributed by atoms with van der Waals surface area (Å²) in [7, 11) is -3.37. The van der Waals surface area contributed by atoms with Crippen LogP contribution in [0.3, 0.4) is 0 Å². The summed E-state index contributed by atoms with van der Waals surface area (Å²) in [6.07, 6.45) is 0.965. The molecule has 21 heavy (non-hydrogen) atoms. The van der Waals surface area contributed by atoms with E-state index < -0.39 is 22.0 Å². The minimum absolute atomic E-state index is 0.168. The van der Waals surface area contributed by atoms with Crippen LogP contribution in [0.15, 0.2) is 30.3 Å². The van der Waals surface area contributed by atoms with Gasteiger partial charge in [0.2, 0.25) is 10.0 Å². The molecule has 1 N–H and O–H groups in total. The maximum atomic E-state index is 11.8. The average Bonchev–Trinajstić information content (AvgIpc) is 2.38.